The van der Waals surface area contributed by atoms with Gasteiger partial charge in [-0.25, -0.2) is 8.42 Å². The van der Waals surface area contributed by atoms with E-state index in [9.17, 15) is 28.1 Å². The lowest BCUT2D eigenvalue weighted by molar-refractivity contribution is -0.388. The molecule has 8 nitrogen and oxygen atoms in total. The van der Waals surface area contributed by atoms with Crippen molar-refractivity contribution in [3.05, 3.63) is 58.1 Å². The highest BCUT2D eigenvalue weighted by Crippen LogP contribution is 2.31. The van der Waals surface area contributed by atoms with E-state index < -0.39 is 26.4 Å². The van der Waals surface area contributed by atoms with Crippen LogP contribution in [0.25, 0.3) is 0 Å². The van der Waals surface area contributed by atoms with Gasteiger partial charge in [-0.15, -0.1) is 11.8 Å². The highest BCUT2D eigenvalue weighted by atomic mass is 32.2. The second-order valence-electron chi connectivity index (χ2n) is 5.08. The second-order valence-corrected chi connectivity index (χ2v) is 8.11. The number of nitro groups is 1. The van der Waals surface area contributed by atoms with Gasteiger partial charge in [-0.1, -0.05) is 12.1 Å². The molecular weight excluding hydrogens is 382 g/mol. The largest absolute Gasteiger partial charge is 0.425 e. The highest BCUT2D eigenvalue weighted by Gasteiger charge is 2.20. The summed E-state index contributed by atoms with van der Waals surface area (Å²) in [7, 11) is -3.59. The van der Waals surface area contributed by atoms with Gasteiger partial charge in [-0.2, -0.15) is 0 Å². The first-order valence-electron chi connectivity index (χ1n) is 7.08. The van der Waals surface area contributed by atoms with Crippen LogP contribution in [0.3, 0.4) is 0 Å². The molecule has 0 unspecified atom stereocenters. The number of para-hydroxylation sites is 1. The van der Waals surface area contributed by atoms with Crippen molar-refractivity contribution in [3.8, 4) is 5.75 Å². The first-order chi connectivity index (χ1) is 12.2. The van der Waals surface area contributed by atoms with Crippen molar-refractivity contribution in [2.24, 2.45) is 0 Å². The number of thioether (sulfide) groups is 1. The maximum Gasteiger partial charge on any atom is 0.321 e. The van der Waals surface area contributed by atoms with E-state index in [0.717, 1.165) is 24.1 Å². The molecule has 0 saturated heterocycles. The van der Waals surface area contributed by atoms with E-state index in [1.807, 2.05) is 0 Å². The first kappa shape index (κ1) is 19.6. The molecule has 0 amide bonds. The number of carbonyl (C=O) groups is 2. The van der Waals surface area contributed by atoms with Crippen LogP contribution in [0.2, 0.25) is 0 Å². The molecule has 0 heterocycles. The SMILES string of the molecule is CS(=O)(=O)c1ccc(SCC(=O)Oc2ccccc2C=O)c([N+](=O)[O-])c1. The topological polar surface area (TPSA) is 121 Å². The Bertz CT molecular complexity index is 970. The zero-order chi connectivity index (χ0) is 19.3. The van der Waals surface area contributed by atoms with E-state index in [0.29, 0.717) is 6.29 Å². The summed E-state index contributed by atoms with van der Waals surface area (Å²) in [5, 5.41) is 11.2. The molecule has 0 aliphatic rings. The number of esters is 1. The van der Waals surface area contributed by atoms with Gasteiger partial charge >= 0.3 is 5.97 Å². The third-order valence-electron chi connectivity index (χ3n) is 3.17. The Morgan fingerprint density at radius 1 is 1.27 bits per heavy atom. The Morgan fingerprint density at radius 3 is 2.58 bits per heavy atom. The van der Waals surface area contributed by atoms with Crippen LogP contribution in [-0.2, 0) is 14.6 Å². The van der Waals surface area contributed by atoms with Crippen LogP contribution in [0.1, 0.15) is 10.4 Å². The molecule has 0 spiro atoms. The summed E-state index contributed by atoms with van der Waals surface area (Å²) >= 11 is 0.836. The van der Waals surface area contributed by atoms with Gasteiger partial charge in [0, 0.05) is 12.3 Å². The van der Waals surface area contributed by atoms with Crippen molar-refractivity contribution in [2.45, 2.75) is 9.79 Å². The third-order valence-corrected chi connectivity index (χ3v) is 5.32. The summed E-state index contributed by atoms with van der Waals surface area (Å²) in [4.78, 5) is 33.2. The Balaban J connectivity index is 2.15. The molecule has 10 heteroatoms. The summed E-state index contributed by atoms with van der Waals surface area (Å²) in [6.07, 6.45) is 1.49. The fourth-order valence-electron chi connectivity index (χ4n) is 1.95. The van der Waals surface area contributed by atoms with Crippen molar-refractivity contribution < 1.29 is 27.7 Å². The quantitative estimate of drug-likeness (QED) is 0.175. The minimum Gasteiger partial charge on any atom is -0.425 e. The average Bonchev–Trinajstić information content (AvgIpc) is 2.59. The number of hydrogen-bond donors (Lipinski definition) is 0. The van der Waals surface area contributed by atoms with Crippen molar-refractivity contribution in [2.75, 3.05) is 12.0 Å². The minimum absolute atomic E-state index is 0.0926. The molecule has 0 aliphatic carbocycles. The molecule has 136 valence electrons. The van der Waals surface area contributed by atoms with E-state index >= 15 is 0 Å². The minimum atomic E-state index is -3.59. The van der Waals surface area contributed by atoms with Gasteiger partial charge in [0.25, 0.3) is 5.69 Å². The lowest BCUT2D eigenvalue weighted by atomic mass is 10.2. The third kappa shape index (κ3) is 4.90. The van der Waals surface area contributed by atoms with Gasteiger partial charge in [0.2, 0.25) is 0 Å². The summed E-state index contributed by atoms with van der Waals surface area (Å²) in [5.41, 5.74) is -0.214. The number of carbonyl (C=O) groups excluding carboxylic acids is 2. The van der Waals surface area contributed by atoms with Crippen molar-refractivity contribution >= 4 is 39.5 Å². The number of nitro benzene ring substituents is 1. The van der Waals surface area contributed by atoms with E-state index in [4.69, 9.17) is 4.74 Å². The van der Waals surface area contributed by atoms with Gasteiger partial charge in [0.1, 0.15) is 5.75 Å². The van der Waals surface area contributed by atoms with Crippen molar-refractivity contribution in [1.29, 1.82) is 0 Å². The molecule has 0 radical (unpaired) electrons. The highest BCUT2D eigenvalue weighted by molar-refractivity contribution is 8.00. The fraction of sp³-hybridized carbons (Fsp3) is 0.125. The zero-order valence-electron chi connectivity index (χ0n) is 13.4. The molecule has 0 N–H and O–H groups in total. The van der Waals surface area contributed by atoms with E-state index in [-0.39, 0.29) is 26.9 Å². The molecule has 2 rings (SSSR count). The Hall–Kier alpha value is -2.72. The smallest absolute Gasteiger partial charge is 0.321 e. The maximum absolute atomic E-state index is 11.9. The average molecular weight is 395 g/mol. The molecule has 0 fully saturated rings. The predicted molar refractivity (Wildman–Crippen MR) is 94.4 cm³/mol. The lowest BCUT2D eigenvalue weighted by Gasteiger charge is -2.07. The number of rotatable bonds is 7. The molecule has 2 aromatic carbocycles. The molecule has 0 atom stereocenters. The van der Waals surface area contributed by atoms with Gasteiger partial charge in [-0.3, -0.25) is 19.7 Å². The summed E-state index contributed by atoms with van der Waals surface area (Å²) in [5.74, 6) is -0.868. The summed E-state index contributed by atoms with van der Waals surface area (Å²) < 4.78 is 28.1. The van der Waals surface area contributed by atoms with E-state index in [2.05, 4.69) is 0 Å². The van der Waals surface area contributed by atoms with E-state index in [1.54, 1.807) is 12.1 Å². The maximum atomic E-state index is 11.9. The zero-order valence-corrected chi connectivity index (χ0v) is 15.1. The van der Waals surface area contributed by atoms with Crippen LogP contribution in [-0.4, -0.2) is 37.6 Å². The summed E-state index contributed by atoms with van der Waals surface area (Å²) in [6.45, 7) is 0. The molecule has 2 aromatic rings. The van der Waals surface area contributed by atoms with Crippen molar-refractivity contribution in [1.82, 2.24) is 0 Å². The second kappa shape index (κ2) is 8.11. The van der Waals surface area contributed by atoms with Crippen LogP contribution in [0.4, 0.5) is 5.69 Å². The fourth-order valence-corrected chi connectivity index (χ4v) is 3.37. The van der Waals surface area contributed by atoms with Crippen molar-refractivity contribution in [3.63, 3.8) is 0 Å². The number of benzene rings is 2. The summed E-state index contributed by atoms with van der Waals surface area (Å²) in [6, 6.07) is 9.60. The first-order valence-corrected chi connectivity index (χ1v) is 9.96. The van der Waals surface area contributed by atoms with Gasteiger partial charge < -0.3 is 4.74 Å². The molecular formula is C16H13NO7S2. The molecule has 0 bridgehead atoms. The van der Waals surface area contributed by atoms with Crippen LogP contribution in [0.5, 0.6) is 5.75 Å². The molecule has 0 aromatic heterocycles. The Kier molecular flexibility index (Phi) is 6.11. The number of nitrogens with zero attached hydrogens (tertiary/aromatic N) is 1. The molecule has 0 saturated carbocycles. The Morgan fingerprint density at radius 2 is 1.96 bits per heavy atom. The number of sulfone groups is 1. The van der Waals surface area contributed by atoms with Crippen LogP contribution in [0, 0.1) is 10.1 Å². The van der Waals surface area contributed by atoms with Gasteiger partial charge in [-0.05, 0) is 24.3 Å². The normalized spacial score (nSPS) is 11.0. The number of aldehydes is 1. The number of hydrogen-bond acceptors (Lipinski definition) is 8. The monoisotopic (exact) mass is 395 g/mol. The molecule has 26 heavy (non-hydrogen) atoms. The van der Waals surface area contributed by atoms with Crippen LogP contribution in [0.15, 0.2) is 52.3 Å². The Labute approximate surface area is 153 Å². The van der Waals surface area contributed by atoms with Gasteiger partial charge in [0.15, 0.2) is 16.1 Å². The predicted octanol–water partition coefficient (Wildman–Crippen LogP) is 2.51. The lowest BCUT2D eigenvalue weighted by Crippen LogP contribution is -2.12. The van der Waals surface area contributed by atoms with E-state index in [1.165, 1.54) is 24.3 Å². The number of ether oxygens (including phenoxy) is 1. The standard InChI is InChI=1S/C16H13NO7S2/c1-26(22,23)12-6-7-15(13(8-12)17(20)21)25-10-16(19)24-14-5-3-2-4-11(14)9-18/h2-9H,10H2,1H3. The van der Waals surface area contributed by atoms with Crippen LogP contribution >= 0.6 is 11.8 Å². The van der Waals surface area contributed by atoms with Crippen LogP contribution < -0.4 is 4.74 Å². The van der Waals surface area contributed by atoms with Gasteiger partial charge in [0.05, 0.1) is 26.0 Å². The molecule has 0 aliphatic heterocycles.